The fourth-order valence-electron chi connectivity index (χ4n) is 4.14. The Labute approximate surface area is 165 Å². The minimum Gasteiger partial charge on any atom is -0.330 e. The van der Waals surface area contributed by atoms with E-state index in [4.69, 9.17) is 11.5 Å². The van der Waals surface area contributed by atoms with Gasteiger partial charge < -0.3 is 16.4 Å². The molecule has 8 nitrogen and oxygen atoms in total. The first-order chi connectivity index (χ1) is 13.4. The number of benzene rings is 1. The van der Waals surface area contributed by atoms with Gasteiger partial charge >= 0.3 is 5.70 Å². The standard InChI is InChI=1S/C20H30N6O2/c1-14(17-5-3-2-4-6-17)24-19-23-13-18(26(27)28)20(22,25-19)11-15-7-9-16(12-21)10-8-15/h2-6,13-16H,7-12,21-22H2,1H3,(H2,23,24,25)/t14-,15?,16?,20?/m1/s1. The lowest BCUT2D eigenvalue weighted by Gasteiger charge is -2.37. The smallest absolute Gasteiger partial charge is 0.301 e. The van der Waals surface area contributed by atoms with Crippen molar-refractivity contribution in [2.24, 2.45) is 28.3 Å². The van der Waals surface area contributed by atoms with E-state index in [1.54, 1.807) is 0 Å². The maximum Gasteiger partial charge on any atom is 0.301 e. The molecule has 0 aromatic heterocycles. The fourth-order valence-corrected chi connectivity index (χ4v) is 4.14. The molecule has 3 rings (SSSR count). The molecule has 1 aliphatic carbocycles. The summed E-state index contributed by atoms with van der Waals surface area (Å²) in [5.41, 5.74) is 12.1. The van der Waals surface area contributed by atoms with Gasteiger partial charge in [0.25, 0.3) is 0 Å². The second-order valence-corrected chi connectivity index (χ2v) is 7.92. The predicted molar refractivity (Wildman–Crippen MR) is 110 cm³/mol. The molecule has 0 bridgehead atoms. The van der Waals surface area contributed by atoms with Crippen LogP contribution in [0.4, 0.5) is 0 Å². The summed E-state index contributed by atoms with van der Waals surface area (Å²) >= 11 is 0. The number of hydrogen-bond donors (Lipinski definition) is 4. The summed E-state index contributed by atoms with van der Waals surface area (Å²) in [6.45, 7) is 2.68. The Hall–Kier alpha value is -2.45. The summed E-state index contributed by atoms with van der Waals surface area (Å²) in [7, 11) is 0. The van der Waals surface area contributed by atoms with Gasteiger partial charge in [-0.05, 0) is 63.0 Å². The third-order valence-electron chi connectivity index (χ3n) is 5.86. The van der Waals surface area contributed by atoms with Crippen LogP contribution in [0, 0.1) is 22.0 Å². The quantitative estimate of drug-likeness (QED) is 0.438. The van der Waals surface area contributed by atoms with Gasteiger partial charge in [0.05, 0.1) is 17.2 Å². The molecule has 2 aliphatic rings. The van der Waals surface area contributed by atoms with Crippen LogP contribution in [-0.4, -0.2) is 23.1 Å². The highest BCUT2D eigenvalue weighted by Crippen LogP contribution is 2.34. The van der Waals surface area contributed by atoms with E-state index in [0.29, 0.717) is 30.8 Å². The molecule has 1 aromatic carbocycles. The van der Waals surface area contributed by atoms with Gasteiger partial charge in [-0.2, -0.15) is 0 Å². The van der Waals surface area contributed by atoms with Crippen molar-refractivity contribution in [2.45, 2.75) is 50.7 Å². The summed E-state index contributed by atoms with van der Waals surface area (Å²) in [4.78, 5) is 15.8. The van der Waals surface area contributed by atoms with Crippen LogP contribution in [0.15, 0.2) is 47.2 Å². The van der Waals surface area contributed by atoms with Gasteiger partial charge in [0.15, 0.2) is 11.6 Å². The Morgan fingerprint density at radius 3 is 2.50 bits per heavy atom. The first kappa shape index (κ1) is 20.3. The Balaban J connectivity index is 1.76. The predicted octanol–water partition coefficient (Wildman–Crippen LogP) is 2.22. The van der Waals surface area contributed by atoms with Crippen LogP contribution in [0.5, 0.6) is 0 Å². The molecule has 1 heterocycles. The number of guanidine groups is 1. The van der Waals surface area contributed by atoms with Crippen molar-refractivity contribution in [3.05, 3.63) is 57.9 Å². The SMILES string of the molecule is C[C@@H](N=C1NC=C([N+](=O)[O-])C(N)(CC2CCC(CN)CC2)N1)c1ccccc1. The lowest BCUT2D eigenvalue weighted by atomic mass is 9.77. The Morgan fingerprint density at radius 1 is 1.25 bits per heavy atom. The molecular formula is C20H30N6O2. The van der Waals surface area contributed by atoms with Crippen molar-refractivity contribution in [1.29, 1.82) is 0 Å². The highest BCUT2D eigenvalue weighted by molar-refractivity contribution is 5.83. The second-order valence-electron chi connectivity index (χ2n) is 7.92. The minimum atomic E-state index is -1.25. The maximum atomic E-state index is 11.6. The third kappa shape index (κ3) is 4.69. The van der Waals surface area contributed by atoms with Crippen LogP contribution in [0.2, 0.25) is 0 Å². The Kier molecular flexibility index (Phi) is 6.31. The number of nitrogens with two attached hydrogens (primary N) is 2. The number of aliphatic imine (C=N–C) groups is 1. The summed E-state index contributed by atoms with van der Waals surface area (Å²) in [6, 6.07) is 9.78. The molecule has 0 radical (unpaired) electrons. The molecule has 0 spiro atoms. The van der Waals surface area contributed by atoms with Crippen LogP contribution < -0.4 is 22.1 Å². The van der Waals surface area contributed by atoms with E-state index < -0.39 is 10.6 Å². The third-order valence-corrected chi connectivity index (χ3v) is 5.86. The summed E-state index contributed by atoms with van der Waals surface area (Å²) in [6.07, 6.45) is 5.97. The highest BCUT2D eigenvalue weighted by atomic mass is 16.6. The summed E-state index contributed by atoms with van der Waals surface area (Å²) in [5.74, 6) is 1.34. The van der Waals surface area contributed by atoms with Crippen LogP contribution >= 0.6 is 0 Å². The van der Waals surface area contributed by atoms with E-state index in [1.165, 1.54) is 6.20 Å². The first-order valence-electron chi connectivity index (χ1n) is 9.92. The molecule has 6 N–H and O–H groups in total. The monoisotopic (exact) mass is 386 g/mol. The molecule has 8 heteroatoms. The normalized spacial score (nSPS) is 30.1. The molecule has 28 heavy (non-hydrogen) atoms. The largest absolute Gasteiger partial charge is 0.330 e. The zero-order valence-electron chi connectivity index (χ0n) is 16.3. The van der Waals surface area contributed by atoms with Crippen molar-refractivity contribution in [3.8, 4) is 0 Å². The molecule has 1 fully saturated rings. The van der Waals surface area contributed by atoms with Crippen LogP contribution in [0.25, 0.3) is 0 Å². The van der Waals surface area contributed by atoms with Crippen molar-refractivity contribution in [2.75, 3.05) is 6.54 Å². The van der Waals surface area contributed by atoms with E-state index in [2.05, 4.69) is 15.6 Å². The molecule has 1 unspecified atom stereocenters. The molecular weight excluding hydrogens is 356 g/mol. The summed E-state index contributed by atoms with van der Waals surface area (Å²) in [5, 5.41) is 17.6. The van der Waals surface area contributed by atoms with Gasteiger partial charge in [0, 0.05) is 0 Å². The van der Waals surface area contributed by atoms with Crippen molar-refractivity contribution in [1.82, 2.24) is 10.6 Å². The topological polar surface area (TPSA) is 132 Å². The lowest BCUT2D eigenvalue weighted by Crippen LogP contribution is -2.64. The zero-order valence-corrected chi connectivity index (χ0v) is 16.3. The Bertz CT molecular complexity index is 742. The highest BCUT2D eigenvalue weighted by Gasteiger charge is 2.44. The van der Waals surface area contributed by atoms with Gasteiger partial charge in [-0.1, -0.05) is 30.3 Å². The number of nitrogens with one attached hydrogen (secondary N) is 2. The van der Waals surface area contributed by atoms with E-state index in [0.717, 1.165) is 31.2 Å². The molecule has 1 saturated carbocycles. The van der Waals surface area contributed by atoms with Gasteiger partial charge in [-0.3, -0.25) is 15.8 Å². The molecule has 152 valence electrons. The number of nitro groups is 1. The van der Waals surface area contributed by atoms with Crippen LogP contribution in [0.3, 0.4) is 0 Å². The van der Waals surface area contributed by atoms with Crippen molar-refractivity contribution in [3.63, 3.8) is 0 Å². The maximum absolute atomic E-state index is 11.6. The van der Waals surface area contributed by atoms with Crippen molar-refractivity contribution >= 4 is 5.96 Å². The second kappa shape index (κ2) is 8.70. The number of nitrogens with zero attached hydrogens (tertiary/aromatic N) is 2. The number of hydrogen-bond acceptors (Lipinski definition) is 5. The van der Waals surface area contributed by atoms with Gasteiger partial charge in [0.2, 0.25) is 0 Å². The van der Waals surface area contributed by atoms with Crippen molar-refractivity contribution < 1.29 is 4.92 Å². The van der Waals surface area contributed by atoms with E-state index in [9.17, 15) is 10.1 Å². The molecule has 0 saturated heterocycles. The number of rotatable bonds is 6. The molecule has 1 aliphatic heterocycles. The van der Waals surface area contributed by atoms with E-state index in [1.807, 2.05) is 37.3 Å². The Morgan fingerprint density at radius 2 is 1.89 bits per heavy atom. The minimum absolute atomic E-state index is 0.0558. The van der Waals surface area contributed by atoms with Crippen LogP contribution in [0.1, 0.15) is 50.6 Å². The average Bonchev–Trinajstić information content (AvgIpc) is 2.68. The van der Waals surface area contributed by atoms with E-state index >= 15 is 0 Å². The van der Waals surface area contributed by atoms with Crippen LogP contribution in [-0.2, 0) is 0 Å². The fraction of sp³-hybridized carbons (Fsp3) is 0.550. The van der Waals surface area contributed by atoms with Gasteiger partial charge in [0.1, 0.15) is 0 Å². The molecule has 1 aromatic rings. The first-order valence-corrected chi connectivity index (χ1v) is 9.92. The molecule has 0 amide bonds. The zero-order chi connectivity index (χ0) is 20.1. The summed E-state index contributed by atoms with van der Waals surface area (Å²) < 4.78 is 0. The molecule has 2 atom stereocenters. The van der Waals surface area contributed by atoms with Gasteiger partial charge in [-0.25, -0.2) is 4.99 Å². The van der Waals surface area contributed by atoms with Gasteiger partial charge in [-0.15, -0.1) is 0 Å². The lowest BCUT2D eigenvalue weighted by molar-refractivity contribution is -0.437. The average molecular weight is 387 g/mol. The van der Waals surface area contributed by atoms with E-state index in [-0.39, 0.29) is 11.7 Å².